The van der Waals surface area contributed by atoms with Crippen LogP contribution < -0.4 is 4.90 Å². The van der Waals surface area contributed by atoms with Crippen molar-refractivity contribution in [2.75, 3.05) is 38.6 Å². The molecule has 122 valence electrons. The van der Waals surface area contributed by atoms with Crippen LogP contribution in [0.15, 0.2) is 36.4 Å². The van der Waals surface area contributed by atoms with Crippen molar-refractivity contribution >= 4 is 22.2 Å². The van der Waals surface area contributed by atoms with Gasteiger partial charge in [-0.1, -0.05) is 30.0 Å². The minimum Gasteiger partial charge on any atom is -0.373 e. The van der Waals surface area contributed by atoms with Crippen LogP contribution in [0, 0.1) is 24.7 Å². The molecule has 0 aliphatic heterocycles. The van der Waals surface area contributed by atoms with Crippen LogP contribution in [0.25, 0.3) is 10.8 Å². The Labute approximate surface area is 144 Å². The highest BCUT2D eigenvalue weighted by Gasteiger charge is 2.07. The molecule has 0 atom stereocenters. The van der Waals surface area contributed by atoms with Crippen LogP contribution in [-0.2, 0) is 0 Å². The maximum Gasteiger partial charge on any atom is 0.174 e. The van der Waals surface area contributed by atoms with Gasteiger partial charge in [-0.3, -0.25) is 9.69 Å². The molecule has 0 heterocycles. The molecule has 0 radical (unpaired) electrons. The summed E-state index contributed by atoms with van der Waals surface area (Å²) in [5.41, 5.74) is 1.80. The molecule has 0 bridgehead atoms. The standard InChI is InChI=1S/C21H22N2O/c1-5-7-21(24)19-9-8-18-16-20(11-10-17(18)15-19)23(4)14-13-22(3)12-6-2/h1-2,8-11,15-16H,7,12-14H2,3-4H3. The molecule has 0 aromatic heterocycles. The molecule has 0 N–H and O–H groups in total. The molecule has 0 saturated carbocycles. The second-order valence-electron chi connectivity index (χ2n) is 5.91. The minimum atomic E-state index is -0.0165. The van der Waals surface area contributed by atoms with E-state index >= 15 is 0 Å². The van der Waals surface area contributed by atoms with Gasteiger partial charge in [-0.15, -0.1) is 12.8 Å². The summed E-state index contributed by atoms with van der Waals surface area (Å²) in [6, 6.07) is 12.0. The Hall–Kier alpha value is -2.75. The lowest BCUT2D eigenvalue weighted by molar-refractivity contribution is 0.0998. The fourth-order valence-electron chi connectivity index (χ4n) is 2.52. The van der Waals surface area contributed by atoms with E-state index in [0.717, 1.165) is 29.5 Å². The summed E-state index contributed by atoms with van der Waals surface area (Å²) in [5.74, 6) is 5.03. The Kier molecular flexibility index (Phi) is 6.01. The van der Waals surface area contributed by atoms with Crippen molar-refractivity contribution in [3.05, 3.63) is 42.0 Å². The molecule has 0 aliphatic carbocycles. The number of rotatable bonds is 7. The van der Waals surface area contributed by atoms with Gasteiger partial charge in [0.2, 0.25) is 0 Å². The average molecular weight is 318 g/mol. The summed E-state index contributed by atoms with van der Waals surface area (Å²) in [6.07, 6.45) is 10.7. The molecule has 2 aromatic carbocycles. The maximum absolute atomic E-state index is 11.9. The lowest BCUT2D eigenvalue weighted by Crippen LogP contribution is -2.30. The first-order valence-corrected chi connectivity index (χ1v) is 7.88. The molecule has 0 saturated heterocycles. The van der Waals surface area contributed by atoms with Crippen molar-refractivity contribution < 1.29 is 4.79 Å². The minimum absolute atomic E-state index is 0.0165. The van der Waals surface area contributed by atoms with Crippen LogP contribution in [0.5, 0.6) is 0 Å². The third-order valence-electron chi connectivity index (χ3n) is 4.03. The number of hydrogen-bond donors (Lipinski definition) is 0. The second-order valence-corrected chi connectivity index (χ2v) is 5.91. The SMILES string of the molecule is C#CCC(=O)c1ccc2cc(N(C)CCN(C)CC#C)ccc2c1. The van der Waals surface area contributed by atoms with Gasteiger partial charge in [-0.05, 0) is 36.0 Å². The van der Waals surface area contributed by atoms with Gasteiger partial charge in [0.1, 0.15) is 0 Å². The van der Waals surface area contributed by atoms with Crippen LogP contribution in [0.1, 0.15) is 16.8 Å². The van der Waals surface area contributed by atoms with Gasteiger partial charge in [0, 0.05) is 31.4 Å². The lowest BCUT2D eigenvalue weighted by atomic mass is 10.0. The van der Waals surface area contributed by atoms with Crippen molar-refractivity contribution in [2.24, 2.45) is 0 Å². The molecule has 0 fully saturated rings. The van der Waals surface area contributed by atoms with Crippen LogP contribution in [0.3, 0.4) is 0 Å². The molecular weight excluding hydrogens is 296 g/mol. The average Bonchev–Trinajstić information content (AvgIpc) is 2.59. The van der Waals surface area contributed by atoms with Crippen LogP contribution in [-0.4, -0.2) is 44.4 Å². The fraction of sp³-hybridized carbons (Fsp3) is 0.286. The van der Waals surface area contributed by atoms with Crippen molar-refractivity contribution in [1.82, 2.24) is 4.90 Å². The number of anilines is 1. The lowest BCUT2D eigenvalue weighted by Gasteiger charge is -2.23. The van der Waals surface area contributed by atoms with E-state index in [0.29, 0.717) is 12.1 Å². The van der Waals surface area contributed by atoms with Gasteiger partial charge in [0.15, 0.2) is 5.78 Å². The summed E-state index contributed by atoms with van der Waals surface area (Å²) in [4.78, 5) is 16.2. The predicted molar refractivity (Wildman–Crippen MR) is 101 cm³/mol. The van der Waals surface area contributed by atoms with E-state index in [2.05, 4.69) is 40.8 Å². The molecule has 0 aliphatic rings. The third-order valence-corrected chi connectivity index (χ3v) is 4.03. The molecule has 3 heteroatoms. The molecule has 2 aromatic rings. The first-order chi connectivity index (χ1) is 11.5. The number of terminal acetylenes is 2. The predicted octanol–water partition coefficient (Wildman–Crippen LogP) is 3.05. The number of Topliss-reactive ketones (excluding diaryl/α,β-unsaturated/α-hetero) is 1. The summed E-state index contributed by atoms with van der Waals surface area (Å²) in [5, 5.41) is 2.15. The first kappa shape index (κ1) is 17.6. The topological polar surface area (TPSA) is 23.6 Å². The molecule has 2 rings (SSSR count). The first-order valence-electron chi connectivity index (χ1n) is 7.88. The number of ketones is 1. The molecule has 0 amide bonds. The Morgan fingerprint density at radius 3 is 2.42 bits per heavy atom. The Bertz CT molecular complexity index is 811. The zero-order chi connectivity index (χ0) is 17.5. The molecule has 0 spiro atoms. The molecular formula is C21H22N2O. The van der Waals surface area contributed by atoms with Gasteiger partial charge in [-0.25, -0.2) is 0 Å². The van der Waals surface area contributed by atoms with Crippen molar-refractivity contribution in [1.29, 1.82) is 0 Å². The maximum atomic E-state index is 11.9. The Morgan fingerprint density at radius 2 is 1.71 bits per heavy atom. The summed E-state index contributed by atoms with van der Waals surface area (Å²) < 4.78 is 0. The number of carbonyl (C=O) groups excluding carboxylic acids is 1. The highest BCUT2D eigenvalue weighted by atomic mass is 16.1. The van der Waals surface area contributed by atoms with E-state index in [1.54, 1.807) is 0 Å². The third kappa shape index (κ3) is 4.38. The van der Waals surface area contributed by atoms with E-state index < -0.39 is 0 Å². The van der Waals surface area contributed by atoms with Gasteiger partial charge in [0.25, 0.3) is 0 Å². The zero-order valence-electron chi connectivity index (χ0n) is 14.2. The number of nitrogens with zero attached hydrogens (tertiary/aromatic N) is 2. The largest absolute Gasteiger partial charge is 0.373 e. The molecule has 24 heavy (non-hydrogen) atoms. The summed E-state index contributed by atoms with van der Waals surface area (Å²) >= 11 is 0. The number of benzene rings is 2. The Morgan fingerprint density at radius 1 is 1.00 bits per heavy atom. The van der Waals surface area contributed by atoms with Gasteiger partial charge >= 0.3 is 0 Å². The van der Waals surface area contributed by atoms with E-state index in [-0.39, 0.29) is 12.2 Å². The fourth-order valence-corrected chi connectivity index (χ4v) is 2.52. The number of carbonyl (C=O) groups is 1. The highest BCUT2D eigenvalue weighted by molar-refractivity contribution is 6.01. The van der Waals surface area contributed by atoms with Crippen molar-refractivity contribution in [3.63, 3.8) is 0 Å². The van der Waals surface area contributed by atoms with Crippen molar-refractivity contribution in [3.8, 4) is 24.7 Å². The monoisotopic (exact) mass is 318 g/mol. The smallest absolute Gasteiger partial charge is 0.174 e. The normalized spacial score (nSPS) is 10.4. The van der Waals surface area contributed by atoms with Crippen LogP contribution in [0.4, 0.5) is 5.69 Å². The number of hydrogen-bond acceptors (Lipinski definition) is 3. The van der Waals surface area contributed by atoms with Gasteiger partial charge in [0.05, 0.1) is 13.0 Å². The van der Waals surface area contributed by atoms with E-state index in [4.69, 9.17) is 12.8 Å². The summed E-state index contributed by atoms with van der Waals surface area (Å²) in [7, 11) is 4.08. The van der Waals surface area contributed by atoms with E-state index in [9.17, 15) is 4.79 Å². The molecule has 0 unspecified atom stereocenters. The van der Waals surface area contributed by atoms with Gasteiger partial charge in [-0.2, -0.15) is 0 Å². The second kappa shape index (κ2) is 8.20. The summed E-state index contributed by atoms with van der Waals surface area (Å²) in [6.45, 7) is 2.45. The van der Waals surface area contributed by atoms with Crippen LogP contribution >= 0.6 is 0 Å². The van der Waals surface area contributed by atoms with Crippen LogP contribution in [0.2, 0.25) is 0 Å². The quantitative estimate of drug-likeness (QED) is 0.579. The van der Waals surface area contributed by atoms with Crippen molar-refractivity contribution in [2.45, 2.75) is 6.42 Å². The zero-order valence-corrected chi connectivity index (χ0v) is 14.2. The number of fused-ring (bicyclic) bond motifs is 1. The molecule has 3 nitrogen and oxygen atoms in total. The number of likely N-dealkylation sites (N-methyl/N-ethyl adjacent to an activating group) is 2. The van der Waals surface area contributed by atoms with Gasteiger partial charge < -0.3 is 4.90 Å². The van der Waals surface area contributed by atoms with E-state index in [1.165, 1.54) is 0 Å². The highest BCUT2D eigenvalue weighted by Crippen LogP contribution is 2.23. The Balaban J connectivity index is 2.14. The van der Waals surface area contributed by atoms with E-state index in [1.807, 2.05) is 31.3 Å².